The molecule has 1 atom stereocenters. The molecule has 0 bridgehead atoms. The number of hydrogen-bond acceptors (Lipinski definition) is 5. The molecular weight excluding hydrogens is 266 g/mol. The van der Waals surface area contributed by atoms with Crippen molar-refractivity contribution in [2.45, 2.75) is 25.5 Å². The summed E-state index contributed by atoms with van der Waals surface area (Å²) in [4.78, 5) is 10.3. The monoisotopic (exact) mass is 285 g/mol. The average molecular weight is 285 g/mol. The largest absolute Gasteiger partial charge is 0.438 e. The standard InChI is InChI=1S/C16H19N3O2/c20-14-2-1-9-19(12-14)11-13-3-5-15(6-4-13)21-16-10-17-7-8-18-16/h3-8,10,14,20H,1-2,9,11-12H2. The van der Waals surface area contributed by atoms with Crippen LogP contribution in [-0.4, -0.2) is 39.2 Å². The smallest absolute Gasteiger partial charge is 0.237 e. The van der Waals surface area contributed by atoms with Crippen LogP contribution in [0.3, 0.4) is 0 Å². The number of ether oxygens (including phenoxy) is 1. The van der Waals surface area contributed by atoms with E-state index >= 15 is 0 Å². The van der Waals surface area contributed by atoms with E-state index in [-0.39, 0.29) is 6.10 Å². The number of likely N-dealkylation sites (tertiary alicyclic amines) is 1. The molecule has 5 heteroatoms. The summed E-state index contributed by atoms with van der Waals surface area (Å²) >= 11 is 0. The Hall–Kier alpha value is -1.98. The van der Waals surface area contributed by atoms with Crippen LogP contribution in [0, 0.1) is 0 Å². The van der Waals surface area contributed by atoms with Crippen LogP contribution in [0.1, 0.15) is 18.4 Å². The van der Waals surface area contributed by atoms with Gasteiger partial charge < -0.3 is 9.84 Å². The maximum atomic E-state index is 9.69. The summed E-state index contributed by atoms with van der Waals surface area (Å²) in [6.07, 6.45) is 6.60. The maximum absolute atomic E-state index is 9.69. The van der Waals surface area contributed by atoms with Gasteiger partial charge in [-0.15, -0.1) is 0 Å². The van der Waals surface area contributed by atoms with Crippen LogP contribution in [0.2, 0.25) is 0 Å². The van der Waals surface area contributed by atoms with E-state index in [4.69, 9.17) is 4.74 Å². The minimum Gasteiger partial charge on any atom is -0.438 e. The van der Waals surface area contributed by atoms with Gasteiger partial charge in [0.15, 0.2) is 0 Å². The number of rotatable bonds is 4. The minimum absolute atomic E-state index is 0.182. The van der Waals surface area contributed by atoms with E-state index in [9.17, 15) is 5.11 Å². The summed E-state index contributed by atoms with van der Waals surface area (Å²) < 4.78 is 5.61. The van der Waals surface area contributed by atoms with E-state index < -0.39 is 0 Å². The second-order valence-corrected chi connectivity index (χ2v) is 5.32. The molecule has 2 heterocycles. The molecule has 1 aliphatic rings. The number of nitrogens with zero attached hydrogens (tertiary/aromatic N) is 3. The normalized spacial score (nSPS) is 19.4. The number of aromatic nitrogens is 2. The lowest BCUT2D eigenvalue weighted by Gasteiger charge is -2.29. The molecular formula is C16H19N3O2. The molecule has 1 fully saturated rings. The second-order valence-electron chi connectivity index (χ2n) is 5.32. The first-order valence-corrected chi connectivity index (χ1v) is 7.23. The first kappa shape index (κ1) is 14.0. The Kier molecular flexibility index (Phi) is 4.43. The first-order valence-electron chi connectivity index (χ1n) is 7.23. The number of hydrogen-bond donors (Lipinski definition) is 1. The van der Waals surface area contributed by atoms with E-state index in [1.165, 1.54) is 5.56 Å². The van der Waals surface area contributed by atoms with Crippen molar-refractivity contribution in [1.82, 2.24) is 14.9 Å². The van der Waals surface area contributed by atoms with Gasteiger partial charge in [0.25, 0.3) is 0 Å². The molecule has 1 aromatic carbocycles. The van der Waals surface area contributed by atoms with Gasteiger partial charge in [-0.1, -0.05) is 12.1 Å². The lowest BCUT2D eigenvalue weighted by atomic mass is 10.1. The van der Waals surface area contributed by atoms with E-state index in [1.807, 2.05) is 24.3 Å². The Morgan fingerprint density at radius 3 is 2.81 bits per heavy atom. The predicted molar refractivity (Wildman–Crippen MR) is 79.1 cm³/mol. The van der Waals surface area contributed by atoms with Gasteiger partial charge >= 0.3 is 0 Å². The highest BCUT2D eigenvalue weighted by molar-refractivity contribution is 5.29. The fraction of sp³-hybridized carbons (Fsp3) is 0.375. The van der Waals surface area contributed by atoms with Gasteiger partial charge in [0.2, 0.25) is 5.88 Å². The van der Waals surface area contributed by atoms with E-state index in [0.717, 1.165) is 38.2 Å². The van der Waals surface area contributed by atoms with Crippen LogP contribution in [0.25, 0.3) is 0 Å². The van der Waals surface area contributed by atoms with Crippen molar-refractivity contribution in [2.75, 3.05) is 13.1 Å². The molecule has 2 aromatic rings. The van der Waals surface area contributed by atoms with Crippen molar-refractivity contribution in [1.29, 1.82) is 0 Å². The third-order valence-electron chi connectivity index (χ3n) is 3.57. The van der Waals surface area contributed by atoms with Crippen molar-refractivity contribution in [2.24, 2.45) is 0 Å². The Morgan fingerprint density at radius 1 is 1.24 bits per heavy atom. The second kappa shape index (κ2) is 6.65. The van der Waals surface area contributed by atoms with Crippen LogP contribution >= 0.6 is 0 Å². The molecule has 1 N–H and O–H groups in total. The zero-order chi connectivity index (χ0) is 14.5. The summed E-state index contributed by atoms with van der Waals surface area (Å²) in [5, 5.41) is 9.69. The third-order valence-corrected chi connectivity index (χ3v) is 3.57. The average Bonchev–Trinajstić information content (AvgIpc) is 2.50. The van der Waals surface area contributed by atoms with Crippen molar-refractivity contribution >= 4 is 0 Å². The van der Waals surface area contributed by atoms with Crippen molar-refractivity contribution in [3.05, 3.63) is 48.4 Å². The molecule has 1 saturated heterocycles. The molecule has 0 saturated carbocycles. The van der Waals surface area contributed by atoms with Gasteiger partial charge in [0.1, 0.15) is 5.75 Å². The molecule has 1 aromatic heterocycles. The van der Waals surface area contributed by atoms with Gasteiger partial charge in [0, 0.05) is 25.5 Å². The van der Waals surface area contributed by atoms with Crippen LogP contribution in [0.4, 0.5) is 0 Å². The number of aliphatic hydroxyl groups excluding tert-OH is 1. The van der Waals surface area contributed by atoms with Crippen LogP contribution in [-0.2, 0) is 6.54 Å². The lowest BCUT2D eigenvalue weighted by Crippen LogP contribution is -2.37. The fourth-order valence-corrected chi connectivity index (χ4v) is 2.55. The Labute approximate surface area is 124 Å². The SMILES string of the molecule is OC1CCCN(Cc2ccc(Oc3cnccn3)cc2)C1. The number of piperidine rings is 1. The zero-order valence-corrected chi connectivity index (χ0v) is 11.9. The highest BCUT2D eigenvalue weighted by Gasteiger charge is 2.17. The molecule has 5 nitrogen and oxygen atoms in total. The maximum Gasteiger partial charge on any atom is 0.237 e. The van der Waals surface area contributed by atoms with Crippen molar-refractivity contribution in [3.8, 4) is 11.6 Å². The summed E-state index contributed by atoms with van der Waals surface area (Å²) in [5.41, 5.74) is 1.22. The molecule has 3 rings (SSSR count). The summed E-state index contributed by atoms with van der Waals surface area (Å²) in [5.74, 6) is 1.24. The predicted octanol–water partition coefficient (Wildman–Crippen LogP) is 2.23. The quantitative estimate of drug-likeness (QED) is 0.933. The molecule has 0 spiro atoms. The summed E-state index contributed by atoms with van der Waals surface area (Å²) in [7, 11) is 0. The number of β-amino-alcohol motifs (C(OH)–C–C–N with tert-alkyl or cyclic N) is 1. The van der Waals surface area contributed by atoms with E-state index in [2.05, 4.69) is 14.9 Å². The minimum atomic E-state index is -0.182. The molecule has 0 aliphatic carbocycles. The topological polar surface area (TPSA) is 58.5 Å². The van der Waals surface area contributed by atoms with Gasteiger partial charge in [-0.25, -0.2) is 4.98 Å². The Balaban J connectivity index is 1.59. The molecule has 21 heavy (non-hydrogen) atoms. The van der Waals surface area contributed by atoms with Gasteiger partial charge in [0.05, 0.1) is 12.3 Å². The highest BCUT2D eigenvalue weighted by atomic mass is 16.5. The zero-order valence-electron chi connectivity index (χ0n) is 11.9. The highest BCUT2D eigenvalue weighted by Crippen LogP contribution is 2.20. The number of aliphatic hydroxyl groups is 1. The third kappa shape index (κ3) is 4.00. The molecule has 1 unspecified atom stereocenters. The molecule has 0 radical (unpaired) electrons. The van der Waals surface area contributed by atoms with E-state index in [0.29, 0.717) is 5.88 Å². The van der Waals surface area contributed by atoms with Crippen molar-refractivity contribution < 1.29 is 9.84 Å². The van der Waals surface area contributed by atoms with Gasteiger partial charge in [-0.05, 0) is 37.1 Å². The van der Waals surface area contributed by atoms with Gasteiger partial charge in [-0.3, -0.25) is 9.88 Å². The molecule has 110 valence electrons. The number of benzene rings is 1. The molecule has 0 amide bonds. The fourth-order valence-electron chi connectivity index (χ4n) is 2.55. The lowest BCUT2D eigenvalue weighted by molar-refractivity contribution is 0.0668. The van der Waals surface area contributed by atoms with E-state index in [1.54, 1.807) is 18.6 Å². The Bertz CT molecular complexity index is 559. The summed E-state index contributed by atoms with van der Waals surface area (Å²) in [6, 6.07) is 7.97. The summed E-state index contributed by atoms with van der Waals surface area (Å²) in [6.45, 7) is 2.68. The van der Waals surface area contributed by atoms with Crippen LogP contribution in [0.5, 0.6) is 11.6 Å². The van der Waals surface area contributed by atoms with Crippen molar-refractivity contribution in [3.63, 3.8) is 0 Å². The van der Waals surface area contributed by atoms with Crippen LogP contribution < -0.4 is 4.74 Å². The molecule has 1 aliphatic heterocycles. The van der Waals surface area contributed by atoms with Crippen LogP contribution in [0.15, 0.2) is 42.9 Å². The first-order chi connectivity index (χ1) is 10.3. The van der Waals surface area contributed by atoms with Gasteiger partial charge in [-0.2, -0.15) is 0 Å². The Morgan fingerprint density at radius 2 is 2.10 bits per heavy atom.